The molecule has 310 valence electrons. The van der Waals surface area contributed by atoms with Crippen molar-refractivity contribution in [1.82, 2.24) is 0 Å². The molecular weight excluding hydrogens is 884 g/mol. The predicted molar refractivity (Wildman–Crippen MR) is 190 cm³/mol. The summed E-state index contributed by atoms with van der Waals surface area (Å²) in [4.78, 5) is 11.9. The van der Waals surface area contributed by atoms with E-state index in [4.69, 9.17) is 20.0 Å². The van der Waals surface area contributed by atoms with E-state index in [0.717, 1.165) is 55.3 Å². The Balaban J connectivity index is 1.70. The largest absolute Gasteiger partial charge is 0.497 e. The summed E-state index contributed by atoms with van der Waals surface area (Å²) in [5.74, 6) is -15.8. The summed E-state index contributed by atoms with van der Waals surface area (Å²) in [7, 11) is -11.2. The minimum absolute atomic E-state index is 0.00818. The number of carbonyl (C=O) groups is 1. The molecule has 0 aliphatic rings. The third-order valence-corrected chi connectivity index (χ3v) is 14.7. The van der Waals surface area contributed by atoms with Gasteiger partial charge in [0.1, 0.15) is 5.75 Å². The number of ether oxygens (including phenoxy) is 1. The third-order valence-electron chi connectivity index (χ3n) is 8.14. The van der Waals surface area contributed by atoms with Crippen LogP contribution in [-0.2, 0) is 19.9 Å². The molecule has 0 spiro atoms. The Kier molecular flexibility index (Phi) is 12.3. The zero-order valence-electron chi connectivity index (χ0n) is 28.7. The molecule has 0 N–H and O–H groups in total. The van der Waals surface area contributed by atoms with Crippen molar-refractivity contribution in [2.24, 2.45) is 0 Å². The molecule has 0 saturated carbocycles. The lowest BCUT2D eigenvalue weighted by atomic mass is 10.0. The number of alkyl halides is 12. The van der Waals surface area contributed by atoms with Gasteiger partial charge in [-0.2, -0.15) is 61.1 Å². The third kappa shape index (κ3) is 8.25. The minimum atomic E-state index is -7.69. The summed E-state index contributed by atoms with van der Waals surface area (Å²) in [6.45, 7) is 0. The number of methoxy groups -OCH3 is 1. The van der Waals surface area contributed by atoms with Crippen LogP contribution in [0.15, 0.2) is 146 Å². The number of hydrogen-bond donors (Lipinski definition) is 0. The Hall–Kier alpha value is -4.37. The Morgan fingerprint density at radius 2 is 1.10 bits per heavy atom. The number of carbonyl (C=O) groups excluding carboxylic acids is 1. The maximum absolute atomic E-state index is 15.3. The van der Waals surface area contributed by atoms with Crippen LogP contribution in [0.2, 0.25) is 5.02 Å². The molecule has 0 aliphatic carbocycles. The predicted octanol–water partition coefficient (Wildman–Crippen LogP) is 12.7. The van der Waals surface area contributed by atoms with Crippen molar-refractivity contribution in [3.05, 3.63) is 143 Å². The molecule has 0 aliphatic heterocycles. The molecule has 0 bridgehead atoms. The van der Waals surface area contributed by atoms with Gasteiger partial charge in [-0.15, -0.1) is 0 Å². The Morgan fingerprint density at radius 1 is 0.621 bits per heavy atom. The zero-order valence-corrected chi connectivity index (χ0v) is 31.9. The van der Waals surface area contributed by atoms with Crippen molar-refractivity contribution in [1.29, 1.82) is 0 Å². The lowest BCUT2D eigenvalue weighted by molar-refractivity contribution is -0.382. The van der Waals surface area contributed by atoms with Crippen molar-refractivity contribution < 1.29 is 74.3 Å². The second-order valence-electron chi connectivity index (χ2n) is 11.8. The molecule has 0 fully saturated rings. The van der Waals surface area contributed by atoms with Crippen molar-refractivity contribution >= 4 is 49.6 Å². The summed E-state index contributed by atoms with van der Waals surface area (Å²) in [5, 5.41) is -7.23. The first-order valence-corrected chi connectivity index (χ1v) is 19.9. The molecule has 1 atom stereocenters. The molecule has 5 rings (SSSR count). The van der Waals surface area contributed by atoms with E-state index in [0.29, 0.717) is 34.7 Å². The van der Waals surface area contributed by atoms with Gasteiger partial charge in [0.05, 0.1) is 17.7 Å². The highest BCUT2D eigenvalue weighted by Gasteiger charge is 2.86. The molecule has 21 heteroatoms. The second-order valence-corrected chi connectivity index (χ2v) is 17.9. The smallest absolute Gasteiger partial charge is 0.460 e. The van der Waals surface area contributed by atoms with Gasteiger partial charge >= 0.3 is 39.6 Å². The van der Waals surface area contributed by atoms with Crippen LogP contribution in [-0.4, -0.2) is 44.6 Å². The first kappa shape index (κ1) is 44.7. The van der Waals surface area contributed by atoms with E-state index < -0.39 is 75.9 Å². The minimum Gasteiger partial charge on any atom is -0.497 e. The number of hydrogen-bond acceptors (Lipinski definition) is 6. The number of halogens is 13. The summed E-state index contributed by atoms with van der Waals surface area (Å²) in [5.41, 5.74) is -0.978. The second kappa shape index (κ2) is 16.0. The van der Waals surface area contributed by atoms with E-state index in [1.165, 1.54) is 30.3 Å². The maximum atomic E-state index is 15.3. The average molecular weight is 907 g/mol. The van der Waals surface area contributed by atoms with Crippen LogP contribution in [0, 0.1) is 0 Å². The van der Waals surface area contributed by atoms with E-state index in [-0.39, 0.29) is 21.2 Å². The SMILES string of the molecule is COc1ccc(S(OS(=O)(=O)C(F)(F)C(F)(F)C(F)(F)C(F)(F)F)(c2ccc(Sc3ccc(Cl)c(C(=O)c4ccccc4)c3)cc2)c2ccc(C(F)(F)F)cc2)cc1. The summed E-state index contributed by atoms with van der Waals surface area (Å²) in [6.07, 6.45) is -12.4. The molecule has 5 nitrogen and oxygen atoms in total. The standard InChI is InChI=1S/C37H23ClF12O5S3/c1-54-24-9-16-28(17-10-24)57(27-14-7-23(8-15-27)33(39,40)41,55-58(52,53)37(49,50)35(44,45)34(42,43)36(46,47)48)29-18-11-25(12-19-29)56-26-13-20-31(38)30(21-26)32(51)22-5-3-2-4-6-22/h2-21H,1H3. The average Bonchev–Trinajstić information content (AvgIpc) is 3.17. The van der Waals surface area contributed by atoms with Gasteiger partial charge in [0.2, 0.25) is 0 Å². The van der Waals surface area contributed by atoms with Gasteiger partial charge in [-0.25, -0.2) is 3.63 Å². The lowest BCUT2D eigenvalue weighted by Gasteiger charge is -2.41. The molecule has 0 radical (unpaired) electrons. The molecule has 0 saturated heterocycles. The van der Waals surface area contributed by atoms with Crippen molar-refractivity contribution in [3.8, 4) is 5.75 Å². The number of benzene rings is 5. The van der Waals surface area contributed by atoms with Crippen molar-refractivity contribution in [2.75, 3.05) is 7.11 Å². The normalized spacial score (nSPS) is 14.7. The molecule has 5 aromatic carbocycles. The van der Waals surface area contributed by atoms with E-state index in [2.05, 4.69) is 0 Å². The van der Waals surface area contributed by atoms with Gasteiger partial charge in [-0.05, 0) is 101 Å². The lowest BCUT2D eigenvalue weighted by Crippen LogP contribution is -2.63. The number of ketones is 1. The van der Waals surface area contributed by atoms with Crippen LogP contribution in [0.4, 0.5) is 52.7 Å². The Bertz CT molecular complexity index is 2380. The Labute approximate surface area is 332 Å². The van der Waals surface area contributed by atoms with E-state index >= 15 is 8.78 Å². The van der Waals surface area contributed by atoms with Crippen LogP contribution in [0.5, 0.6) is 5.75 Å². The van der Waals surface area contributed by atoms with E-state index in [1.807, 2.05) is 0 Å². The molecule has 0 heterocycles. The van der Waals surface area contributed by atoms with Gasteiger partial charge < -0.3 is 4.74 Å². The summed E-state index contributed by atoms with van der Waals surface area (Å²) >= 11 is 7.25. The zero-order chi connectivity index (χ0) is 43.1. The first-order valence-electron chi connectivity index (χ1n) is 15.8. The molecule has 1 unspecified atom stereocenters. The van der Waals surface area contributed by atoms with Crippen LogP contribution in [0.1, 0.15) is 21.5 Å². The molecular formula is C37H23ClF12O5S3. The highest BCUT2D eigenvalue weighted by molar-refractivity contribution is 8.33. The van der Waals surface area contributed by atoms with Gasteiger partial charge in [0.15, 0.2) is 5.78 Å². The quantitative estimate of drug-likeness (QED) is 0.0866. The van der Waals surface area contributed by atoms with Gasteiger partial charge in [0, 0.05) is 35.6 Å². The number of rotatable bonds is 13. The highest BCUT2D eigenvalue weighted by atomic mass is 35.5. The molecule has 0 aromatic heterocycles. The maximum Gasteiger partial charge on any atom is 0.460 e. The highest BCUT2D eigenvalue weighted by Crippen LogP contribution is 2.72. The molecule has 0 amide bonds. The fourth-order valence-electron chi connectivity index (χ4n) is 5.15. The van der Waals surface area contributed by atoms with Crippen LogP contribution in [0.3, 0.4) is 0 Å². The van der Waals surface area contributed by atoms with Crippen LogP contribution >= 0.6 is 33.7 Å². The monoisotopic (exact) mass is 906 g/mol. The van der Waals surface area contributed by atoms with Gasteiger partial charge in [-0.1, -0.05) is 53.7 Å². The fraction of sp³-hybridized carbons (Fsp3) is 0.162. The Morgan fingerprint density at radius 3 is 1.59 bits per heavy atom. The van der Waals surface area contributed by atoms with Crippen LogP contribution in [0.25, 0.3) is 0 Å². The van der Waals surface area contributed by atoms with Gasteiger partial charge in [-0.3, -0.25) is 4.79 Å². The summed E-state index contributed by atoms with van der Waals surface area (Å²) in [6, 6.07) is 22.5. The van der Waals surface area contributed by atoms with E-state index in [1.54, 1.807) is 30.3 Å². The molecule has 5 aromatic rings. The topological polar surface area (TPSA) is 69.7 Å². The van der Waals surface area contributed by atoms with Crippen molar-refractivity contribution in [3.63, 3.8) is 0 Å². The van der Waals surface area contributed by atoms with Crippen molar-refractivity contribution in [2.45, 2.75) is 53.9 Å². The molecule has 58 heavy (non-hydrogen) atoms. The van der Waals surface area contributed by atoms with Gasteiger partial charge in [0.25, 0.3) is 0 Å². The first-order chi connectivity index (χ1) is 26.8. The van der Waals surface area contributed by atoms with E-state index in [9.17, 15) is 57.1 Å². The van der Waals surface area contributed by atoms with Crippen LogP contribution < -0.4 is 4.74 Å². The fourth-order valence-corrected chi connectivity index (χ4v) is 11.4. The summed E-state index contributed by atoms with van der Waals surface area (Å²) < 4.78 is 204.